The van der Waals surface area contributed by atoms with Crippen molar-refractivity contribution in [3.05, 3.63) is 191 Å². The summed E-state index contributed by atoms with van der Waals surface area (Å²) < 4.78 is 0. The van der Waals surface area contributed by atoms with Crippen LogP contribution in [0.15, 0.2) is 146 Å². The van der Waals surface area contributed by atoms with Crippen LogP contribution in [-0.4, -0.2) is 22.9 Å². The summed E-state index contributed by atoms with van der Waals surface area (Å²) in [5.41, 5.74) is 19.8. The molecular weight excluding hydrogens is 826 g/mol. The largest absolute Gasteiger partial charge is 2.00 e. The summed E-state index contributed by atoms with van der Waals surface area (Å²) in [5, 5.41) is 6.31. The summed E-state index contributed by atoms with van der Waals surface area (Å²) in [6.45, 7) is 6.19. The number of nitrogens with zero attached hydrogens (tertiary/aromatic N) is 4. The van der Waals surface area contributed by atoms with Crippen molar-refractivity contribution in [2.45, 2.75) is 20.8 Å². The monoisotopic (exact) mass is 866 g/mol. The summed E-state index contributed by atoms with van der Waals surface area (Å²) in [6.07, 6.45) is 8.32. The number of nitrogens with one attached hydrogen (secondary N) is 2. The molecule has 0 unspecified atom stereocenters. The second kappa shape index (κ2) is 17.2. The normalized spacial score (nSPS) is 11.6. The maximum absolute atomic E-state index is 13.2. The third-order valence-corrected chi connectivity index (χ3v) is 11.5. The van der Waals surface area contributed by atoms with Gasteiger partial charge in [0.2, 0.25) is 0 Å². The first kappa shape index (κ1) is 41.0. The van der Waals surface area contributed by atoms with E-state index < -0.39 is 0 Å². The number of amides is 1. The van der Waals surface area contributed by atoms with Crippen LogP contribution >= 0.6 is 0 Å². The van der Waals surface area contributed by atoms with Crippen LogP contribution in [0.4, 0.5) is 11.4 Å². The molecule has 7 nitrogen and oxygen atoms in total. The van der Waals surface area contributed by atoms with E-state index in [9.17, 15) is 4.79 Å². The Hall–Kier alpha value is -7.41. The van der Waals surface area contributed by atoms with E-state index in [-0.39, 0.29) is 25.4 Å². The van der Waals surface area contributed by atoms with Gasteiger partial charge in [-0.25, -0.2) is 9.97 Å². The topological polar surface area (TPSA) is 95.1 Å². The van der Waals surface area contributed by atoms with Crippen LogP contribution in [-0.2, 0) is 19.5 Å². The van der Waals surface area contributed by atoms with Crippen molar-refractivity contribution in [3.8, 4) is 44.5 Å². The molecule has 8 heteroatoms. The number of aromatic nitrogens is 4. The third kappa shape index (κ3) is 8.09. The first-order valence-electron chi connectivity index (χ1n) is 20.7. The van der Waals surface area contributed by atoms with Gasteiger partial charge in [0.15, 0.2) is 0 Å². The number of hydrogen-bond acceptors (Lipinski definition) is 4. The molecule has 300 valence electrons. The van der Waals surface area contributed by atoms with Gasteiger partial charge in [-0.2, -0.15) is 0 Å². The number of carbonyl (C=O) groups excluding carboxylic acids is 1. The van der Waals surface area contributed by atoms with Crippen LogP contribution in [0.3, 0.4) is 0 Å². The SMILES string of the molecule is CNc1ccc(-c2c3nc(c(-c4ccc(C)cc4)c4ccc([n-]4)c(-c4ccc(NC(=O)c5ccc(C)cc5)cc4)c4nc(c(-c5ccc(C)cc5)c5ccc2[n-]5)C=C4)C=C3)cc1.[Zn+2]. The molecule has 0 fully saturated rings. The number of aryl methyl sites for hydroxylation is 3. The minimum Gasteiger partial charge on any atom is -0.657 e. The van der Waals surface area contributed by atoms with Gasteiger partial charge in [0.1, 0.15) is 0 Å². The molecule has 0 saturated heterocycles. The van der Waals surface area contributed by atoms with E-state index in [0.717, 1.165) is 101 Å². The van der Waals surface area contributed by atoms with Crippen LogP contribution in [0.5, 0.6) is 0 Å². The number of carbonyl (C=O) groups is 1. The fourth-order valence-corrected chi connectivity index (χ4v) is 8.14. The Kier molecular flexibility index (Phi) is 11.2. The minimum absolute atomic E-state index is 0. The average Bonchev–Trinajstić information content (AvgIpc) is 4.14. The summed E-state index contributed by atoms with van der Waals surface area (Å²) in [5.74, 6) is -0.164. The van der Waals surface area contributed by atoms with Gasteiger partial charge in [0, 0.05) is 24.0 Å². The van der Waals surface area contributed by atoms with Crippen LogP contribution in [0.2, 0.25) is 0 Å². The molecule has 2 N–H and O–H groups in total. The second-order valence-electron chi connectivity index (χ2n) is 15.8. The number of anilines is 2. The van der Waals surface area contributed by atoms with Gasteiger partial charge in [-0.3, -0.25) is 4.79 Å². The van der Waals surface area contributed by atoms with Gasteiger partial charge in [0.25, 0.3) is 5.91 Å². The summed E-state index contributed by atoms with van der Waals surface area (Å²) in [4.78, 5) is 34.8. The Labute approximate surface area is 379 Å². The van der Waals surface area contributed by atoms with Gasteiger partial charge in [-0.15, -0.1) is 22.1 Å². The van der Waals surface area contributed by atoms with Crippen LogP contribution < -0.4 is 20.6 Å². The van der Waals surface area contributed by atoms with Crippen molar-refractivity contribution in [2.75, 3.05) is 17.7 Å². The number of rotatable bonds is 7. The first-order chi connectivity index (χ1) is 30.3. The van der Waals surface area contributed by atoms with Crippen molar-refractivity contribution >= 4 is 63.7 Å². The standard InChI is InChI=1S/C55H43N6O.Zn/c1-33-5-11-36(12-6-33)51-43-25-29-47(58-43)53(38-17-21-41(56-4)22-18-38)48-30-26-44(59-48)52(37-13-7-34(2)8-14-37)46-28-32-50(61-46)54(49-31-27-45(51)60-49)39-19-23-42(24-20-39)57-55(62)40-15-9-35(3)10-16-40;/h5-32H,1-4H3,(H3-,56,57,58,59,60,61,62);/q-1;+2/p-1. The Morgan fingerprint density at radius 1 is 0.413 bits per heavy atom. The van der Waals surface area contributed by atoms with Gasteiger partial charge < -0.3 is 20.6 Å². The van der Waals surface area contributed by atoms with E-state index in [4.69, 9.17) is 19.9 Å². The van der Waals surface area contributed by atoms with E-state index in [1.807, 2.05) is 62.5 Å². The molecule has 2 aliphatic rings. The Bertz CT molecular complexity index is 3210. The quantitative estimate of drug-likeness (QED) is 0.155. The zero-order chi connectivity index (χ0) is 42.3. The van der Waals surface area contributed by atoms with E-state index in [0.29, 0.717) is 11.3 Å². The van der Waals surface area contributed by atoms with E-state index >= 15 is 0 Å². The van der Waals surface area contributed by atoms with Crippen LogP contribution in [0.25, 0.3) is 90.9 Å². The van der Waals surface area contributed by atoms with Crippen molar-refractivity contribution in [1.82, 2.24) is 19.9 Å². The molecule has 2 aliphatic heterocycles. The fourth-order valence-electron chi connectivity index (χ4n) is 8.14. The van der Waals surface area contributed by atoms with E-state index in [1.165, 1.54) is 11.1 Å². The van der Waals surface area contributed by atoms with Crippen molar-refractivity contribution in [3.63, 3.8) is 0 Å². The maximum atomic E-state index is 13.2. The molecular formula is C55H42N6OZn. The average molecular weight is 868 g/mol. The van der Waals surface area contributed by atoms with Crippen molar-refractivity contribution in [1.29, 1.82) is 0 Å². The number of fused-ring (bicyclic) bond motifs is 8. The molecule has 0 aliphatic carbocycles. The Morgan fingerprint density at radius 2 is 0.714 bits per heavy atom. The molecule has 5 heterocycles. The molecule has 0 atom stereocenters. The summed E-state index contributed by atoms with van der Waals surface area (Å²) >= 11 is 0. The molecule has 0 radical (unpaired) electrons. The van der Waals surface area contributed by atoms with Gasteiger partial charge in [-0.05, 0) is 126 Å². The molecule has 63 heavy (non-hydrogen) atoms. The van der Waals surface area contributed by atoms with E-state index in [2.05, 4.69) is 146 Å². The minimum atomic E-state index is -0.164. The van der Waals surface area contributed by atoms with Gasteiger partial charge in [-0.1, -0.05) is 126 Å². The maximum Gasteiger partial charge on any atom is 2.00 e. The smallest absolute Gasteiger partial charge is 0.657 e. The first-order valence-corrected chi connectivity index (χ1v) is 20.7. The van der Waals surface area contributed by atoms with E-state index in [1.54, 1.807) is 0 Å². The third-order valence-electron chi connectivity index (χ3n) is 11.5. The molecule has 0 spiro atoms. The predicted octanol–water partition coefficient (Wildman–Crippen LogP) is 12.8. The molecule has 0 saturated carbocycles. The van der Waals surface area contributed by atoms with Crippen LogP contribution in [0, 0.1) is 20.8 Å². The molecule has 5 aromatic carbocycles. The summed E-state index contributed by atoms with van der Waals surface area (Å²) in [7, 11) is 1.92. The molecule has 1 amide bonds. The Morgan fingerprint density at radius 3 is 1.05 bits per heavy atom. The van der Waals surface area contributed by atoms with Gasteiger partial charge >= 0.3 is 19.5 Å². The second-order valence-corrected chi connectivity index (χ2v) is 15.8. The van der Waals surface area contributed by atoms with Crippen molar-refractivity contribution in [2.24, 2.45) is 0 Å². The Balaban J connectivity index is 0.00000504. The van der Waals surface area contributed by atoms with Gasteiger partial charge in [0.05, 0.1) is 22.8 Å². The van der Waals surface area contributed by atoms with Crippen molar-refractivity contribution < 1.29 is 24.3 Å². The fraction of sp³-hybridized carbons (Fsp3) is 0.0727. The molecule has 3 aromatic heterocycles. The zero-order valence-corrected chi connectivity index (χ0v) is 38.5. The summed E-state index contributed by atoms with van der Waals surface area (Å²) in [6, 6.07) is 49.2. The van der Waals surface area contributed by atoms with Crippen LogP contribution in [0.1, 0.15) is 49.8 Å². The zero-order valence-electron chi connectivity index (χ0n) is 35.6. The number of benzene rings is 5. The predicted molar refractivity (Wildman–Crippen MR) is 257 cm³/mol. The number of hydrogen-bond donors (Lipinski definition) is 2. The molecule has 10 rings (SSSR count). The molecule has 8 aromatic rings. The molecule has 8 bridgehead atoms.